The van der Waals surface area contributed by atoms with Gasteiger partial charge in [-0.2, -0.15) is 0 Å². The molecule has 146 valence electrons. The number of ketones is 1. The first kappa shape index (κ1) is 17.0. The second kappa shape index (κ2) is 6.29. The number of Topliss-reactive ketones (excluding diaryl/α,β-unsaturated/α-hetero) is 1. The fourth-order valence-electron chi connectivity index (χ4n) is 4.27. The van der Waals surface area contributed by atoms with Crippen molar-refractivity contribution in [3.05, 3.63) is 107 Å². The van der Waals surface area contributed by atoms with Crippen molar-refractivity contribution in [1.82, 2.24) is 0 Å². The van der Waals surface area contributed by atoms with Crippen LogP contribution in [0, 0.1) is 5.92 Å². The van der Waals surface area contributed by atoms with Gasteiger partial charge < -0.3 is 14.4 Å². The minimum absolute atomic E-state index is 0.273. The molecule has 0 bridgehead atoms. The van der Waals surface area contributed by atoms with Gasteiger partial charge in [-0.1, -0.05) is 78.0 Å². The molecule has 3 unspecified atom stereocenters. The summed E-state index contributed by atoms with van der Waals surface area (Å²) in [5, 5.41) is 8.42. The minimum atomic E-state index is -1.66. The maximum absolute atomic E-state index is 13.9. The molecule has 0 N–H and O–H groups in total. The van der Waals surface area contributed by atoms with Crippen LogP contribution in [0.5, 0.6) is 0 Å². The molecule has 30 heavy (non-hydrogen) atoms. The third-order valence-electron chi connectivity index (χ3n) is 5.68. The van der Waals surface area contributed by atoms with Gasteiger partial charge in [0.1, 0.15) is 11.6 Å². The summed E-state index contributed by atoms with van der Waals surface area (Å²) in [6, 6.07) is 26.4. The monoisotopic (exact) mass is 396 g/mol. The number of carbonyl (C=O) groups excluding carboxylic acids is 1. The molecule has 3 aromatic rings. The first-order valence-corrected chi connectivity index (χ1v) is 9.71. The van der Waals surface area contributed by atoms with Crippen molar-refractivity contribution in [2.45, 2.75) is 11.9 Å². The lowest BCUT2D eigenvalue weighted by Crippen LogP contribution is -2.50. The topological polar surface area (TPSA) is 69.5 Å². The molecule has 1 aliphatic carbocycles. The van der Waals surface area contributed by atoms with Crippen LogP contribution in [0.4, 0.5) is 0 Å². The first-order valence-electron chi connectivity index (χ1n) is 9.71. The van der Waals surface area contributed by atoms with Crippen molar-refractivity contribution in [3.63, 3.8) is 0 Å². The SMILES string of the molecule is O=C1C2C(c3ccccc3)=NOC2c2ccccc2C12ON=C(c1ccccc1)O2. The molecule has 3 atom stereocenters. The summed E-state index contributed by atoms with van der Waals surface area (Å²) >= 11 is 0. The number of carbonyl (C=O) groups is 1. The van der Waals surface area contributed by atoms with Gasteiger partial charge in [0.25, 0.3) is 5.90 Å². The van der Waals surface area contributed by atoms with Crippen molar-refractivity contribution >= 4 is 17.4 Å². The summed E-state index contributed by atoms with van der Waals surface area (Å²) in [7, 11) is 0. The summed E-state index contributed by atoms with van der Waals surface area (Å²) in [5.74, 6) is -2.32. The van der Waals surface area contributed by atoms with Gasteiger partial charge in [-0.05, 0) is 17.3 Å². The van der Waals surface area contributed by atoms with E-state index in [0.717, 1.165) is 16.7 Å². The molecule has 0 saturated carbocycles. The van der Waals surface area contributed by atoms with Crippen molar-refractivity contribution in [1.29, 1.82) is 0 Å². The lowest BCUT2D eigenvalue weighted by atomic mass is 9.73. The van der Waals surface area contributed by atoms with Crippen LogP contribution in [0.15, 0.2) is 95.2 Å². The zero-order valence-electron chi connectivity index (χ0n) is 15.8. The van der Waals surface area contributed by atoms with Crippen LogP contribution in [-0.2, 0) is 25.0 Å². The summed E-state index contributed by atoms with van der Waals surface area (Å²) < 4.78 is 6.17. The third kappa shape index (κ3) is 2.27. The molecule has 2 heterocycles. The fourth-order valence-corrected chi connectivity index (χ4v) is 4.27. The Kier molecular flexibility index (Phi) is 3.56. The van der Waals surface area contributed by atoms with Gasteiger partial charge in [-0.15, -0.1) is 0 Å². The van der Waals surface area contributed by atoms with Gasteiger partial charge in [0.05, 0.1) is 5.56 Å². The number of oxime groups is 2. The molecule has 0 radical (unpaired) electrons. The predicted octanol–water partition coefficient (Wildman–Crippen LogP) is 3.92. The summed E-state index contributed by atoms with van der Waals surface area (Å²) in [5.41, 5.74) is 3.54. The third-order valence-corrected chi connectivity index (χ3v) is 5.68. The van der Waals surface area contributed by atoms with Crippen LogP contribution in [0.2, 0.25) is 0 Å². The normalized spacial score (nSPS) is 26.1. The molecular weight excluding hydrogens is 380 g/mol. The molecule has 2 aliphatic heterocycles. The fraction of sp³-hybridized carbons (Fsp3) is 0.125. The molecule has 0 aromatic heterocycles. The van der Waals surface area contributed by atoms with Crippen LogP contribution in [0.3, 0.4) is 0 Å². The number of fused-ring (bicyclic) bond motifs is 4. The Bertz CT molecular complexity index is 1210. The van der Waals surface area contributed by atoms with Crippen LogP contribution < -0.4 is 0 Å². The standard InChI is InChI=1S/C24H16N2O4/c27-22-19-20(15-9-3-1-4-10-15)25-29-21(19)17-13-7-8-14-18(17)24(22)28-23(26-30-24)16-11-5-2-6-12-16/h1-14,19,21H. The molecule has 1 spiro atoms. The Morgan fingerprint density at radius 1 is 0.767 bits per heavy atom. The second-order valence-electron chi connectivity index (χ2n) is 7.37. The van der Waals surface area contributed by atoms with Crippen molar-refractivity contribution in [2.75, 3.05) is 0 Å². The van der Waals surface area contributed by atoms with Gasteiger partial charge >= 0.3 is 5.79 Å². The summed E-state index contributed by atoms with van der Waals surface area (Å²) in [4.78, 5) is 25.4. The summed E-state index contributed by atoms with van der Waals surface area (Å²) in [6.07, 6.45) is -0.525. The molecule has 3 aromatic carbocycles. The Morgan fingerprint density at radius 3 is 2.20 bits per heavy atom. The molecule has 0 amide bonds. The van der Waals surface area contributed by atoms with Crippen LogP contribution in [0.25, 0.3) is 0 Å². The van der Waals surface area contributed by atoms with Crippen LogP contribution in [-0.4, -0.2) is 17.4 Å². The van der Waals surface area contributed by atoms with Crippen molar-refractivity contribution in [2.24, 2.45) is 16.2 Å². The smallest absolute Gasteiger partial charge is 0.364 e. The number of nitrogens with zero attached hydrogens (tertiary/aromatic N) is 2. The highest BCUT2D eigenvalue weighted by Crippen LogP contribution is 2.51. The van der Waals surface area contributed by atoms with Gasteiger partial charge in [0.15, 0.2) is 6.10 Å². The first-order chi connectivity index (χ1) is 14.8. The van der Waals surface area contributed by atoms with Gasteiger partial charge in [0.2, 0.25) is 5.78 Å². The number of hydrogen-bond acceptors (Lipinski definition) is 6. The lowest BCUT2D eigenvalue weighted by Gasteiger charge is -2.35. The Labute approximate surface area is 172 Å². The van der Waals surface area contributed by atoms with Crippen molar-refractivity contribution < 1.29 is 19.2 Å². The molecule has 0 fully saturated rings. The van der Waals surface area contributed by atoms with E-state index in [1.165, 1.54) is 0 Å². The maximum Gasteiger partial charge on any atom is 0.364 e. The van der Waals surface area contributed by atoms with E-state index in [2.05, 4.69) is 10.3 Å². The van der Waals surface area contributed by atoms with Gasteiger partial charge in [-0.25, -0.2) is 0 Å². The number of hydrogen-bond donors (Lipinski definition) is 0. The Balaban J connectivity index is 1.46. The average molecular weight is 396 g/mol. The molecule has 0 saturated heterocycles. The minimum Gasteiger partial charge on any atom is -0.419 e. The largest absolute Gasteiger partial charge is 0.419 e. The number of rotatable bonds is 2. The zero-order valence-corrected chi connectivity index (χ0v) is 15.8. The molecular formula is C24H16N2O4. The van der Waals surface area contributed by atoms with E-state index < -0.39 is 17.8 Å². The molecule has 3 aliphatic rings. The Hall–Kier alpha value is -3.93. The second-order valence-corrected chi connectivity index (χ2v) is 7.37. The number of benzene rings is 3. The highest BCUT2D eigenvalue weighted by atomic mass is 16.8. The lowest BCUT2D eigenvalue weighted by molar-refractivity contribution is -0.195. The van der Waals surface area contributed by atoms with E-state index in [0.29, 0.717) is 11.3 Å². The van der Waals surface area contributed by atoms with E-state index in [-0.39, 0.29) is 11.7 Å². The Morgan fingerprint density at radius 2 is 1.43 bits per heavy atom. The average Bonchev–Trinajstić information content (AvgIpc) is 3.45. The maximum atomic E-state index is 13.9. The van der Waals surface area contributed by atoms with Crippen LogP contribution >= 0.6 is 0 Å². The molecule has 6 nitrogen and oxygen atoms in total. The zero-order chi connectivity index (χ0) is 20.1. The quantitative estimate of drug-likeness (QED) is 0.658. The van der Waals surface area contributed by atoms with Crippen LogP contribution in [0.1, 0.15) is 28.4 Å². The van der Waals surface area contributed by atoms with E-state index in [9.17, 15) is 4.79 Å². The van der Waals surface area contributed by atoms with E-state index >= 15 is 0 Å². The predicted molar refractivity (Wildman–Crippen MR) is 109 cm³/mol. The van der Waals surface area contributed by atoms with E-state index in [1.54, 1.807) is 0 Å². The number of ether oxygens (including phenoxy) is 1. The molecule has 6 heteroatoms. The van der Waals surface area contributed by atoms with Crippen molar-refractivity contribution in [3.8, 4) is 0 Å². The van der Waals surface area contributed by atoms with E-state index in [1.807, 2.05) is 84.9 Å². The van der Waals surface area contributed by atoms with Gasteiger partial charge in [-0.3, -0.25) is 4.79 Å². The van der Waals surface area contributed by atoms with Gasteiger partial charge in [0, 0.05) is 16.7 Å². The highest BCUT2D eigenvalue weighted by molar-refractivity contribution is 6.18. The molecule has 6 rings (SSSR count). The highest BCUT2D eigenvalue weighted by Gasteiger charge is 2.63. The summed E-state index contributed by atoms with van der Waals surface area (Å²) in [6.45, 7) is 0. The van der Waals surface area contributed by atoms with E-state index in [4.69, 9.17) is 14.4 Å².